The fraction of sp³-hybridized carbons (Fsp3) is 0.722. The van der Waals surface area contributed by atoms with E-state index < -0.39 is 12.1 Å². The summed E-state index contributed by atoms with van der Waals surface area (Å²) in [6.45, 7) is 2.10. The lowest BCUT2D eigenvalue weighted by molar-refractivity contribution is -0.136. The molecule has 0 spiro atoms. The van der Waals surface area contributed by atoms with Crippen molar-refractivity contribution in [3.63, 3.8) is 0 Å². The maximum atomic E-state index is 10.4. The lowest BCUT2D eigenvalue weighted by Crippen LogP contribution is -2.18. The second-order valence-corrected chi connectivity index (χ2v) is 6.02. The topological polar surface area (TPSA) is 77.8 Å². The monoisotopic (exact) mass is 308 g/mol. The van der Waals surface area contributed by atoms with Crippen molar-refractivity contribution in [3.05, 3.63) is 12.2 Å². The van der Waals surface area contributed by atoms with Crippen molar-refractivity contribution < 1.29 is 20.1 Å². The van der Waals surface area contributed by atoms with Gasteiger partial charge in [-0.15, -0.1) is 11.8 Å². The van der Waals surface area contributed by atoms with Crippen LogP contribution in [-0.4, -0.2) is 33.5 Å². The van der Waals surface area contributed by atoms with Crippen LogP contribution in [0.4, 0.5) is 0 Å². The van der Waals surface area contributed by atoms with E-state index in [1.54, 1.807) is 0 Å². The first-order chi connectivity index (χ1) is 10.5. The van der Waals surface area contributed by atoms with Crippen LogP contribution in [0.15, 0.2) is 12.2 Å². The Bertz CT molecular complexity index is 419. The van der Waals surface area contributed by atoms with Gasteiger partial charge < -0.3 is 15.3 Å². The van der Waals surface area contributed by atoms with E-state index in [9.17, 15) is 15.0 Å². The van der Waals surface area contributed by atoms with Crippen LogP contribution in [0.1, 0.15) is 58.3 Å². The third kappa shape index (κ3) is 7.11. The smallest absolute Gasteiger partial charge is 0.304 e. The molecular formula is C18H28O4. The largest absolute Gasteiger partial charge is 0.481 e. The van der Waals surface area contributed by atoms with Gasteiger partial charge in [-0.3, -0.25) is 4.79 Å². The summed E-state index contributed by atoms with van der Waals surface area (Å²) in [5.41, 5.74) is 0. The molecule has 4 heteroatoms. The molecule has 4 unspecified atom stereocenters. The zero-order valence-electron chi connectivity index (χ0n) is 13.4. The lowest BCUT2D eigenvalue weighted by Gasteiger charge is -2.17. The second kappa shape index (κ2) is 10.4. The predicted molar refractivity (Wildman–Crippen MR) is 86.2 cm³/mol. The summed E-state index contributed by atoms with van der Waals surface area (Å²) in [6, 6.07) is 0. The molecule has 1 saturated carbocycles. The van der Waals surface area contributed by atoms with E-state index >= 15 is 0 Å². The normalized spacial score (nSPS) is 25.9. The van der Waals surface area contributed by atoms with Crippen molar-refractivity contribution in [2.24, 2.45) is 11.8 Å². The molecule has 0 amide bonds. The predicted octanol–water partition coefficient (Wildman–Crippen LogP) is 2.74. The summed E-state index contributed by atoms with van der Waals surface area (Å²) >= 11 is 0. The minimum absolute atomic E-state index is 0.0627. The van der Waals surface area contributed by atoms with Gasteiger partial charge in [0.05, 0.1) is 18.6 Å². The van der Waals surface area contributed by atoms with Crippen molar-refractivity contribution in [2.45, 2.75) is 70.5 Å². The average Bonchev–Trinajstić information content (AvgIpc) is 2.83. The van der Waals surface area contributed by atoms with E-state index in [1.165, 1.54) is 0 Å². The molecule has 0 radical (unpaired) electrons. The van der Waals surface area contributed by atoms with Crippen molar-refractivity contribution in [2.75, 3.05) is 0 Å². The van der Waals surface area contributed by atoms with Gasteiger partial charge in [-0.2, -0.15) is 0 Å². The number of aliphatic hydroxyl groups excluding tert-OH is 2. The molecule has 4 atom stereocenters. The summed E-state index contributed by atoms with van der Waals surface area (Å²) in [6.07, 6.45) is 8.67. The number of carboxylic acid groups (broad SMARTS) is 1. The molecule has 1 fully saturated rings. The van der Waals surface area contributed by atoms with Crippen molar-refractivity contribution >= 4 is 5.97 Å². The summed E-state index contributed by atoms with van der Waals surface area (Å²) in [5, 5.41) is 28.5. The van der Waals surface area contributed by atoms with E-state index in [1.807, 2.05) is 12.2 Å². The van der Waals surface area contributed by atoms with Gasteiger partial charge in [0.15, 0.2) is 0 Å². The molecule has 0 aliphatic heterocycles. The second-order valence-electron chi connectivity index (χ2n) is 6.02. The number of aliphatic carboxylic acids is 1. The first-order valence-electron chi connectivity index (χ1n) is 8.26. The Morgan fingerprint density at radius 2 is 2.14 bits per heavy atom. The Balaban J connectivity index is 2.45. The molecule has 0 aromatic heterocycles. The highest BCUT2D eigenvalue weighted by atomic mass is 16.4. The molecule has 1 aliphatic carbocycles. The Labute approximate surface area is 133 Å². The number of carboxylic acids is 1. The number of rotatable bonds is 8. The molecule has 0 bridgehead atoms. The molecular weight excluding hydrogens is 280 g/mol. The van der Waals surface area contributed by atoms with E-state index in [0.717, 1.165) is 32.1 Å². The highest BCUT2D eigenvalue weighted by molar-refractivity contribution is 5.66. The van der Waals surface area contributed by atoms with Crippen LogP contribution in [0.2, 0.25) is 0 Å². The molecule has 4 nitrogen and oxygen atoms in total. The molecule has 0 heterocycles. The fourth-order valence-electron chi connectivity index (χ4n) is 2.83. The number of aliphatic hydroxyl groups is 2. The Morgan fingerprint density at radius 3 is 2.82 bits per heavy atom. The highest BCUT2D eigenvalue weighted by Gasteiger charge is 2.32. The van der Waals surface area contributed by atoms with Gasteiger partial charge in [-0.1, -0.05) is 31.9 Å². The van der Waals surface area contributed by atoms with Crippen LogP contribution < -0.4 is 0 Å². The number of hydrogen-bond acceptors (Lipinski definition) is 3. The zero-order chi connectivity index (χ0) is 16.4. The quantitative estimate of drug-likeness (QED) is 0.476. The van der Waals surface area contributed by atoms with Gasteiger partial charge in [0.25, 0.3) is 0 Å². The van der Waals surface area contributed by atoms with Crippen LogP contribution >= 0.6 is 0 Å². The van der Waals surface area contributed by atoms with Crippen molar-refractivity contribution in [1.29, 1.82) is 0 Å². The lowest BCUT2D eigenvalue weighted by atomic mass is 9.91. The van der Waals surface area contributed by atoms with Crippen LogP contribution in [0.5, 0.6) is 0 Å². The van der Waals surface area contributed by atoms with Crippen molar-refractivity contribution in [1.82, 2.24) is 0 Å². The maximum Gasteiger partial charge on any atom is 0.304 e. The van der Waals surface area contributed by atoms with Crippen LogP contribution in [0.25, 0.3) is 0 Å². The molecule has 124 valence electrons. The minimum Gasteiger partial charge on any atom is -0.481 e. The van der Waals surface area contributed by atoms with E-state index in [4.69, 9.17) is 5.11 Å². The van der Waals surface area contributed by atoms with Crippen LogP contribution in [0.3, 0.4) is 0 Å². The molecule has 0 saturated heterocycles. The first-order valence-corrected chi connectivity index (χ1v) is 8.26. The SMILES string of the molecule is CCCCC(O)/C=C/C1CCC(O)C1CC#CCCC(=O)O. The summed E-state index contributed by atoms with van der Waals surface area (Å²) in [4.78, 5) is 10.4. The van der Waals surface area contributed by atoms with Gasteiger partial charge in [0, 0.05) is 18.8 Å². The third-order valence-corrected chi connectivity index (χ3v) is 4.20. The molecule has 22 heavy (non-hydrogen) atoms. The summed E-state index contributed by atoms with van der Waals surface area (Å²) in [5.74, 6) is 5.36. The standard InChI is InChI=1S/C18H28O4/c1-2-3-7-15(19)12-10-14-11-13-17(20)16(14)8-5-4-6-9-18(21)22/h10,12,14-17,19-20H,2-3,6-9,11,13H2,1H3,(H,21,22)/b12-10+. The number of hydrogen-bond donors (Lipinski definition) is 3. The maximum absolute atomic E-state index is 10.4. The minimum atomic E-state index is -0.836. The van der Waals surface area contributed by atoms with Gasteiger partial charge in [0.1, 0.15) is 0 Å². The molecule has 3 N–H and O–H groups in total. The first kappa shape index (κ1) is 18.7. The Morgan fingerprint density at radius 1 is 1.36 bits per heavy atom. The zero-order valence-corrected chi connectivity index (χ0v) is 13.4. The third-order valence-electron chi connectivity index (χ3n) is 4.20. The number of carbonyl (C=O) groups is 1. The fourth-order valence-corrected chi connectivity index (χ4v) is 2.83. The molecule has 0 aromatic carbocycles. The van der Waals surface area contributed by atoms with Gasteiger partial charge in [-0.05, 0) is 25.2 Å². The van der Waals surface area contributed by atoms with Gasteiger partial charge >= 0.3 is 5.97 Å². The number of unbranched alkanes of at least 4 members (excludes halogenated alkanes) is 1. The molecule has 0 aromatic rings. The summed E-state index contributed by atoms with van der Waals surface area (Å²) in [7, 11) is 0. The molecule has 1 rings (SSSR count). The highest BCUT2D eigenvalue weighted by Crippen LogP contribution is 2.35. The van der Waals surface area contributed by atoms with Gasteiger partial charge in [0.2, 0.25) is 0 Å². The van der Waals surface area contributed by atoms with Gasteiger partial charge in [-0.25, -0.2) is 0 Å². The number of allylic oxidation sites excluding steroid dienone is 1. The molecule has 1 aliphatic rings. The summed E-state index contributed by atoms with van der Waals surface area (Å²) < 4.78 is 0. The van der Waals surface area contributed by atoms with E-state index in [-0.39, 0.29) is 24.4 Å². The van der Waals surface area contributed by atoms with E-state index in [2.05, 4.69) is 18.8 Å². The van der Waals surface area contributed by atoms with Crippen molar-refractivity contribution in [3.8, 4) is 11.8 Å². The van der Waals surface area contributed by atoms with E-state index in [0.29, 0.717) is 12.8 Å². The van der Waals surface area contributed by atoms with Crippen LogP contribution in [-0.2, 0) is 4.79 Å². The van der Waals surface area contributed by atoms with Crippen LogP contribution in [0, 0.1) is 23.7 Å². The Kier molecular flexibility index (Phi) is 8.88. The Hall–Kier alpha value is -1.31. The average molecular weight is 308 g/mol.